The van der Waals surface area contributed by atoms with Gasteiger partial charge < -0.3 is 16.2 Å². The number of ether oxygens (including phenoxy) is 1. The summed E-state index contributed by atoms with van der Waals surface area (Å²) in [5, 5.41) is 7.78. The summed E-state index contributed by atoms with van der Waals surface area (Å²) in [4.78, 5) is 3.94. The zero-order valence-electron chi connectivity index (χ0n) is 12.5. The molecule has 1 aliphatic carbocycles. The summed E-state index contributed by atoms with van der Waals surface area (Å²) in [6.45, 7) is 0.768. The third-order valence-corrected chi connectivity index (χ3v) is 4.05. The van der Waals surface area contributed by atoms with Gasteiger partial charge in [0.15, 0.2) is 5.82 Å². The van der Waals surface area contributed by atoms with Crippen molar-refractivity contribution < 1.29 is 4.74 Å². The summed E-state index contributed by atoms with van der Waals surface area (Å²) in [5.74, 6) is 1.84. The molecular formula is C16H21N5O. The first kappa shape index (κ1) is 14.6. The van der Waals surface area contributed by atoms with Crippen molar-refractivity contribution in [3.05, 3.63) is 24.3 Å². The molecule has 0 atom stereocenters. The first-order valence-corrected chi connectivity index (χ1v) is 7.71. The van der Waals surface area contributed by atoms with Crippen molar-refractivity contribution >= 4 is 11.8 Å². The Morgan fingerprint density at radius 2 is 1.91 bits per heavy atom. The third kappa shape index (κ3) is 3.44. The van der Waals surface area contributed by atoms with Gasteiger partial charge in [0.25, 0.3) is 0 Å². The van der Waals surface area contributed by atoms with Gasteiger partial charge in [-0.05, 0) is 30.9 Å². The number of aromatic nitrogens is 3. The molecule has 1 saturated carbocycles. The van der Waals surface area contributed by atoms with Crippen molar-refractivity contribution in [2.45, 2.75) is 32.1 Å². The van der Waals surface area contributed by atoms with Crippen molar-refractivity contribution in [3.63, 3.8) is 0 Å². The zero-order valence-corrected chi connectivity index (χ0v) is 12.5. The van der Waals surface area contributed by atoms with E-state index in [1.807, 2.05) is 24.3 Å². The number of hydrogen-bond acceptors (Lipinski definition) is 6. The molecular weight excluding hydrogens is 278 g/mol. The van der Waals surface area contributed by atoms with Crippen LogP contribution in [0.15, 0.2) is 24.3 Å². The van der Waals surface area contributed by atoms with Gasteiger partial charge in [-0.25, -0.2) is 0 Å². The Hall–Kier alpha value is -2.37. The monoisotopic (exact) mass is 299 g/mol. The lowest BCUT2D eigenvalue weighted by Gasteiger charge is -2.21. The van der Waals surface area contributed by atoms with Crippen LogP contribution < -0.4 is 16.2 Å². The summed E-state index contributed by atoms with van der Waals surface area (Å²) in [7, 11) is 0. The van der Waals surface area contributed by atoms with E-state index in [0.717, 1.165) is 17.9 Å². The second-order valence-corrected chi connectivity index (χ2v) is 5.75. The van der Waals surface area contributed by atoms with E-state index in [0.29, 0.717) is 11.6 Å². The van der Waals surface area contributed by atoms with E-state index in [9.17, 15) is 0 Å². The van der Waals surface area contributed by atoms with Crippen LogP contribution in [0.5, 0.6) is 5.75 Å². The fourth-order valence-electron chi connectivity index (χ4n) is 2.86. The Morgan fingerprint density at radius 1 is 1.09 bits per heavy atom. The van der Waals surface area contributed by atoms with E-state index >= 15 is 0 Å². The highest BCUT2D eigenvalue weighted by Gasteiger charge is 2.14. The van der Waals surface area contributed by atoms with Crippen LogP contribution in [0.25, 0.3) is 11.3 Å². The van der Waals surface area contributed by atoms with E-state index in [-0.39, 0.29) is 11.8 Å². The SMILES string of the molecule is Nc1nnc(-c2cccc(OCC3CCCCC3)c2)c(N)n1. The Balaban J connectivity index is 1.71. The summed E-state index contributed by atoms with van der Waals surface area (Å²) in [5.41, 5.74) is 12.7. The molecule has 4 N–H and O–H groups in total. The van der Waals surface area contributed by atoms with Crippen LogP contribution in [0.4, 0.5) is 11.8 Å². The molecule has 116 valence electrons. The molecule has 1 fully saturated rings. The molecule has 6 heteroatoms. The van der Waals surface area contributed by atoms with Gasteiger partial charge >= 0.3 is 0 Å². The molecule has 22 heavy (non-hydrogen) atoms. The quantitative estimate of drug-likeness (QED) is 0.900. The van der Waals surface area contributed by atoms with E-state index in [1.165, 1.54) is 32.1 Å². The van der Waals surface area contributed by atoms with Crippen LogP contribution in [-0.2, 0) is 0 Å². The van der Waals surface area contributed by atoms with Crippen LogP contribution >= 0.6 is 0 Å². The van der Waals surface area contributed by atoms with Gasteiger partial charge in [0.2, 0.25) is 5.95 Å². The van der Waals surface area contributed by atoms with E-state index < -0.39 is 0 Å². The molecule has 1 aliphatic rings. The summed E-state index contributed by atoms with van der Waals surface area (Å²) in [6.07, 6.45) is 6.52. The van der Waals surface area contributed by atoms with Crippen molar-refractivity contribution in [1.82, 2.24) is 15.2 Å². The number of anilines is 2. The maximum Gasteiger partial charge on any atom is 0.242 e. The van der Waals surface area contributed by atoms with Crippen LogP contribution in [0.1, 0.15) is 32.1 Å². The number of nitrogens with two attached hydrogens (primary N) is 2. The van der Waals surface area contributed by atoms with E-state index in [2.05, 4.69) is 15.2 Å². The number of hydrogen-bond donors (Lipinski definition) is 2. The van der Waals surface area contributed by atoms with Crippen LogP contribution in [0, 0.1) is 5.92 Å². The highest BCUT2D eigenvalue weighted by atomic mass is 16.5. The summed E-state index contributed by atoms with van der Waals surface area (Å²) >= 11 is 0. The Kier molecular flexibility index (Phi) is 4.37. The third-order valence-electron chi connectivity index (χ3n) is 4.05. The predicted molar refractivity (Wildman–Crippen MR) is 86.2 cm³/mol. The lowest BCUT2D eigenvalue weighted by atomic mass is 9.90. The fourth-order valence-corrected chi connectivity index (χ4v) is 2.86. The smallest absolute Gasteiger partial charge is 0.242 e. The molecule has 0 spiro atoms. The van der Waals surface area contributed by atoms with Gasteiger partial charge in [0.05, 0.1) is 6.61 Å². The minimum atomic E-state index is 0.0750. The molecule has 0 radical (unpaired) electrons. The van der Waals surface area contributed by atoms with Gasteiger partial charge in [-0.1, -0.05) is 31.4 Å². The Labute approximate surface area is 129 Å². The van der Waals surface area contributed by atoms with E-state index in [1.54, 1.807) is 0 Å². The lowest BCUT2D eigenvalue weighted by molar-refractivity contribution is 0.209. The highest BCUT2D eigenvalue weighted by molar-refractivity contribution is 5.70. The van der Waals surface area contributed by atoms with Gasteiger partial charge in [0.1, 0.15) is 11.4 Å². The molecule has 3 rings (SSSR count). The van der Waals surface area contributed by atoms with Crippen LogP contribution in [0.3, 0.4) is 0 Å². The molecule has 1 heterocycles. The number of nitrogens with zero attached hydrogens (tertiary/aromatic N) is 3. The fraction of sp³-hybridized carbons (Fsp3) is 0.438. The van der Waals surface area contributed by atoms with Crippen molar-refractivity contribution in [2.24, 2.45) is 5.92 Å². The normalized spacial score (nSPS) is 15.6. The Bertz CT molecular complexity index is 640. The largest absolute Gasteiger partial charge is 0.493 e. The first-order valence-electron chi connectivity index (χ1n) is 7.71. The first-order chi connectivity index (χ1) is 10.7. The number of nitrogen functional groups attached to an aromatic ring is 2. The maximum atomic E-state index is 5.94. The standard InChI is InChI=1S/C16H21N5O/c17-15-14(20-21-16(18)19-15)12-7-4-8-13(9-12)22-10-11-5-2-1-3-6-11/h4,7-9,11H,1-3,5-6,10H2,(H4,17,18,19,21). The molecule has 0 saturated heterocycles. The molecule has 0 amide bonds. The molecule has 6 nitrogen and oxygen atoms in total. The average Bonchev–Trinajstić information content (AvgIpc) is 2.54. The summed E-state index contributed by atoms with van der Waals surface area (Å²) in [6, 6.07) is 7.69. The van der Waals surface area contributed by atoms with Gasteiger partial charge in [0, 0.05) is 5.56 Å². The van der Waals surface area contributed by atoms with Crippen molar-refractivity contribution in [2.75, 3.05) is 18.1 Å². The zero-order chi connectivity index (χ0) is 15.4. The number of benzene rings is 1. The molecule has 0 bridgehead atoms. The van der Waals surface area contributed by atoms with Crippen molar-refractivity contribution in [3.8, 4) is 17.0 Å². The Morgan fingerprint density at radius 3 is 2.68 bits per heavy atom. The molecule has 1 aromatic carbocycles. The summed E-state index contributed by atoms with van der Waals surface area (Å²) < 4.78 is 5.94. The molecule has 1 aromatic heterocycles. The van der Waals surface area contributed by atoms with Crippen molar-refractivity contribution in [1.29, 1.82) is 0 Å². The van der Waals surface area contributed by atoms with Crippen LogP contribution in [-0.4, -0.2) is 21.8 Å². The highest BCUT2D eigenvalue weighted by Crippen LogP contribution is 2.27. The second-order valence-electron chi connectivity index (χ2n) is 5.75. The minimum Gasteiger partial charge on any atom is -0.493 e. The van der Waals surface area contributed by atoms with E-state index in [4.69, 9.17) is 16.2 Å². The lowest BCUT2D eigenvalue weighted by Crippen LogP contribution is -2.15. The van der Waals surface area contributed by atoms with Gasteiger partial charge in [-0.3, -0.25) is 0 Å². The molecule has 2 aromatic rings. The minimum absolute atomic E-state index is 0.0750. The maximum absolute atomic E-state index is 5.94. The topological polar surface area (TPSA) is 99.9 Å². The van der Waals surface area contributed by atoms with Gasteiger partial charge in [-0.2, -0.15) is 4.98 Å². The number of rotatable bonds is 4. The average molecular weight is 299 g/mol. The van der Waals surface area contributed by atoms with Crippen LogP contribution in [0.2, 0.25) is 0 Å². The molecule has 0 aliphatic heterocycles. The molecule has 0 unspecified atom stereocenters. The predicted octanol–water partition coefficient (Wildman–Crippen LogP) is 2.66. The second kappa shape index (κ2) is 6.60. The van der Waals surface area contributed by atoms with Gasteiger partial charge in [-0.15, -0.1) is 10.2 Å².